The molecule has 0 radical (unpaired) electrons. The molecular weight excluding hydrogens is 268 g/mol. The number of benzene rings is 1. The van der Waals surface area contributed by atoms with E-state index in [0.29, 0.717) is 6.04 Å². The Labute approximate surface area is 104 Å². The van der Waals surface area contributed by atoms with E-state index in [9.17, 15) is 0 Å². The van der Waals surface area contributed by atoms with E-state index >= 15 is 0 Å². The highest BCUT2D eigenvalue weighted by Crippen LogP contribution is 2.35. The molecule has 0 bridgehead atoms. The van der Waals surface area contributed by atoms with Gasteiger partial charge in [-0.3, -0.25) is 11.3 Å². The number of hydrogen-bond donors (Lipinski definition) is 2. The molecule has 0 heterocycles. The summed E-state index contributed by atoms with van der Waals surface area (Å²) < 4.78 is 6.35. The number of rotatable bonds is 5. The van der Waals surface area contributed by atoms with Crippen LogP contribution in [0.1, 0.15) is 18.4 Å². The minimum Gasteiger partial charge on any atom is -0.497 e. The van der Waals surface area contributed by atoms with Crippen LogP contribution >= 0.6 is 15.9 Å². The van der Waals surface area contributed by atoms with Gasteiger partial charge in [0.05, 0.1) is 7.11 Å². The molecule has 3 N–H and O–H groups in total. The molecule has 88 valence electrons. The number of halogens is 1. The lowest BCUT2D eigenvalue weighted by atomic mass is 10.0. The van der Waals surface area contributed by atoms with Gasteiger partial charge in [-0.15, -0.1) is 0 Å². The summed E-state index contributed by atoms with van der Waals surface area (Å²) in [4.78, 5) is 0. The molecular formula is C12H17BrN2O. The molecule has 4 heteroatoms. The lowest BCUT2D eigenvalue weighted by molar-refractivity contribution is 0.413. The molecule has 1 atom stereocenters. The van der Waals surface area contributed by atoms with E-state index < -0.39 is 0 Å². The summed E-state index contributed by atoms with van der Waals surface area (Å²) >= 11 is 3.56. The number of hydrogen-bond acceptors (Lipinski definition) is 3. The summed E-state index contributed by atoms with van der Waals surface area (Å²) in [7, 11) is 1.69. The van der Waals surface area contributed by atoms with Crippen LogP contribution in [0.25, 0.3) is 0 Å². The molecule has 3 nitrogen and oxygen atoms in total. The Hall–Kier alpha value is -0.580. The minimum absolute atomic E-state index is 0.378. The molecule has 0 aromatic heterocycles. The van der Waals surface area contributed by atoms with Crippen molar-refractivity contribution < 1.29 is 4.74 Å². The molecule has 1 unspecified atom stereocenters. The summed E-state index contributed by atoms with van der Waals surface area (Å²) in [6.45, 7) is 0. The normalized spacial score (nSPS) is 17.2. The van der Waals surface area contributed by atoms with Crippen molar-refractivity contribution in [2.45, 2.75) is 25.3 Å². The van der Waals surface area contributed by atoms with Crippen LogP contribution in [0.5, 0.6) is 5.75 Å². The third-order valence-electron chi connectivity index (χ3n) is 3.10. The summed E-state index contributed by atoms with van der Waals surface area (Å²) in [5.74, 6) is 7.22. The molecule has 0 saturated heterocycles. The van der Waals surface area contributed by atoms with Crippen molar-refractivity contribution in [1.82, 2.24) is 5.43 Å². The molecule has 1 aliphatic rings. The van der Waals surface area contributed by atoms with Gasteiger partial charge in [0.2, 0.25) is 0 Å². The van der Waals surface area contributed by atoms with Gasteiger partial charge in [-0.2, -0.15) is 0 Å². The first-order valence-corrected chi connectivity index (χ1v) is 6.32. The van der Waals surface area contributed by atoms with Gasteiger partial charge in [-0.25, -0.2) is 0 Å². The standard InChI is InChI=1S/C12H17BrN2O/c1-16-10-4-5-11(13)9(6-10)7-12(15-14)8-2-3-8/h4-6,8,12,15H,2-3,7,14H2,1H3. The second-order valence-corrected chi connectivity index (χ2v) is 5.13. The van der Waals surface area contributed by atoms with Crippen molar-refractivity contribution in [3.63, 3.8) is 0 Å². The van der Waals surface area contributed by atoms with Crippen molar-refractivity contribution in [2.75, 3.05) is 7.11 Å². The zero-order valence-corrected chi connectivity index (χ0v) is 11.0. The summed E-state index contributed by atoms with van der Waals surface area (Å²) in [5.41, 5.74) is 4.16. The predicted octanol–water partition coefficient (Wildman–Crippen LogP) is 2.24. The number of nitrogens with one attached hydrogen (secondary N) is 1. The van der Waals surface area contributed by atoms with Gasteiger partial charge in [0, 0.05) is 10.5 Å². The maximum atomic E-state index is 5.59. The minimum atomic E-state index is 0.378. The van der Waals surface area contributed by atoms with Crippen LogP contribution < -0.4 is 16.0 Å². The fraction of sp³-hybridized carbons (Fsp3) is 0.500. The Morgan fingerprint density at radius 3 is 2.88 bits per heavy atom. The van der Waals surface area contributed by atoms with Crippen molar-refractivity contribution >= 4 is 15.9 Å². The van der Waals surface area contributed by atoms with Gasteiger partial charge < -0.3 is 4.74 Å². The number of ether oxygens (including phenoxy) is 1. The lowest BCUT2D eigenvalue weighted by Gasteiger charge is -2.16. The smallest absolute Gasteiger partial charge is 0.119 e. The van der Waals surface area contributed by atoms with Crippen molar-refractivity contribution in [1.29, 1.82) is 0 Å². The van der Waals surface area contributed by atoms with Gasteiger partial charge >= 0.3 is 0 Å². The average Bonchev–Trinajstić information content (AvgIpc) is 3.12. The van der Waals surface area contributed by atoms with E-state index in [-0.39, 0.29) is 0 Å². The molecule has 2 rings (SSSR count). The van der Waals surface area contributed by atoms with Crippen LogP contribution in [-0.2, 0) is 6.42 Å². The molecule has 16 heavy (non-hydrogen) atoms. The topological polar surface area (TPSA) is 47.3 Å². The van der Waals surface area contributed by atoms with Gasteiger partial charge in [0.25, 0.3) is 0 Å². The highest BCUT2D eigenvalue weighted by Gasteiger charge is 2.30. The van der Waals surface area contributed by atoms with Crippen LogP contribution in [0, 0.1) is 5.92 Å². The average molecular weight is 285 g/mol. The SMILES string of the molecule is COc1ccc(Br)c(CC(NN)C2CC2)c1. The van der Waals surface area contributed by atoms with Gasteiger partial charge in [-0.05, 0) is 48.9 Å². The largest absolute Gasteiger partial charge is 0.497 e. The van der Waals surface area contributed by atoms with Crippen molar-refractivity contribution in [2.24, 2.45) is 11.8 Å². The zero-order valence-electron chi connectivity index (χ0n) is 9.37. The van der Waals surface area contributed by atoms with E-state index in [2.05, 4.69) is 27.4 Å². The van der Waals surface area contributed by atoms with Gasteiger partial charge in [-0.1, -0.05) is 15.9 Å². The van der Waals surface area contributed by atoms with Gasteiger partial charge in [0.1, 0.15) is 5.75 Å². The van der Waals surface area contributed by atoms with Crippen LogP contribution in [-0.4, -0.2) is 13.2 Å². The molecule has 0 spiro atoms. The molecule has 1 aliphatic carbocycles. The first kappa shape index (κ1) is 11.9. The third kappa shape index (κ3) is 2.75. The van der Waals surface area contributed by atoms with Crippen LogP contribution in [0.4, 0.5) is 0 Å². The Balaban J connectivity index is 2.11. The molecule has 1 aromatic rings. The number of methoxy groups -OCH3 is 1. The molecule has 0 aliphatic heterocycles. The fourth-order valence-electron chi connectivity index (χ4n) is 1.93. The first-order chi connectivity index (χ1) is 7.74. The number of hydrazine groups is 1. The second-order valence-electron chi connectivity index (χ2n) is 4.27. The van der Waals surface area contributed by atoms with Crippen LogP contribution in [0.15, 0.2) is 22.7 Å². The Bertz CT molecular complexity index is 366. The number of nitrogens with two attached hydrogens (primary N) is 1. The van der Waals surface area contributed by atoms with Crippen LogP contribution in [0.2, 0.25) is 0 Å². The first-order valence-electron chi connectivity index (χ1n) is 5.53. The van der Waals surface area contributed by atoms with E-state index in [1.54, 1.807) is 7.11 Å². The summed E-state index contributed by atoms with van der Waals surface area (Å²) in [6, 6.07) is 6.42. The Morgan fingerprint density at radius 1 is 1.56 bits per heavy atom. The summed E-state index contributed by atoms with van der Waals surface area (Å²) in [6.07, 6.45) is 3.52. The molecule has 1 aromatic carbocycles. The zero-order chi connectivity index (χ0) is 11.5. The molecule has 1 fully saturated rings. The highest BCUT2D eigenvalue weighted by atomic mass is 79.9. The van der Waals surface area contributed by atoms with Crippen molar-refractivity contribution in [3.05, 3.63) is 28.2 Å². The van der Waals surface area contributed by atoms with Gasteiger partial charge in [0.15, 0.2) is 0 Å². The summed E-state index contributed by atoms with van der Waals surface area (Å²) in [5, 5.41) is 0. The Morgan fingerprint density at radius 2 is 2.31 bits per heavy atom. The third-order valence-corrected chi connectivity index (χ3v) is 3.87. The maximum absolute atomic E-state index is 5.59. The highest BCUT2D eigenvalue weighted by molar-refractivity contribution is 9.10. The molecule has 0 amide bonds. The fourth-order valence-corrected chi connectivity index (χ4v) is 2.34. The van der Waals surface area contributed by atoms with Crippen molar-refractivity contribution in [3.8, 4) is 5.75 Å². The quantitative estimate of drug-likeness (QED) is 0.644. The van der Waals surface area contributed by atoms with E-state index in [1.807, 2.05) is 12.1 Å². The predicted molar refractivity (Wildman–Crippen MR) is 68.2 cm³/mol. The monoisotopic (exact) mass is 284 g/mol. The van der Waals surface area contributed by atoms with E-state index in [0.717, 1.165) is 22.6 Å². The second kappa shape index (κ2) is 5.17. The lowest BCUT2D eigenvalue weighted by Crippen LogP contribution is -2.38. The molecule has 1 saturated carbocycles. The van der Waals surface area contributed by atoms with E-state index in [4.69, 9.17) is 10.6 Å². The van der Waals surface area contributed by atoms with Crippen LogP contribution in [0.3, 0.4) is 0 Å². The van der Waals surface area contributed by atoms with E-state index in [1.165, 1.54) is 18.4 Å². The Kier molecular flexibility index (Phi) is 3.84. The maximum Gasteiger partial charge on any atom is 0.119 e.